The molecule has 14 heteroatoms. The summed E-state index contributed by atoms with van der Waals surface area (Å²) in [6, 6.07) is 7.16. The fourth-order valence-electron chi connectivity index (χ4n) is 3.94. The van der Waals surface area contributed by atoms with Crippen molar-refractivity contribution >= 4 is 33.3 Å². The van der Waals surface area contributed by atoms with Gasteiger partial charge in [0.25, 0.3) is 0 Å². The van der Waals surface area contributed by atoms with Gasteiger partial charge in [0.2, 0.25) is 0 Å². The Bertz CT molecular complexity index is 1480. The highest BCUT2D eigenvalue weighted by atomic mass is 35.5. The van der Waals surface area contributed by atoms with E-state index in [2.05, 4.69) is 30.0 Å². The maximum Gasteiger partial charge on any atom is 0.410 e. The number of alkyl halides is 1. The molecule has 1 unspecified atom stereocenters. The molecule has 10 nitrogen and oxygen atoms in total. The normalized spacial score (nSPS) is 23.1. The summed E-state index contributed by atoms with van der Waals surface area (Å²) >= 11 is 5.87. The minimum absolute atomic E-state index is 0.210. The topological polar surface area (TPSA) is 135 Å². The third-order valence-electron chi connectivity index (χ3n) is 6.07. The molecule has 0 radical (unpaired) electrons. The van der Waals surface area contributed by atoms with Crippen molar-refractivity contribution in [2.75, 3.05) is 19.5 Å². The molecule has 0 fully saturated rings. The van der Waals surface area contributed by atoms with Crippen molar-refractivity contribution in [2.24, 2.45) is 9.36 Å². The number of amidine groups is 1. The number of hydrogen-bond acceptors (Lipinski definition) is 7. The molecule has 3 heterocycles. The number of nitrogens with zero attached hydrogens (tertiary/aromatic N) is 6. The largest absolute Gasteiger partial charge is 0.465 e. The summed E-state index contributed by atoms with van der Waals surface area (Å²) in [5.74, 6) is -1.08. The van der Waals surface area contributed by atoms with Crippen molar-refractivity contribution in [1.82, 2.24) is 25.3 Å². The van der Waals surface area contributed by atoms with Gasteiger partial charge in [-0.05, 0) is 44.2 Å². The van der Waals surface area contributed by atoms with Gasteiger partial charge in [-0.25, -0.2) is 31.8 Å². The van der Waals surface area contributed by atoms with Crippen LogP contribution in [0.4, 0.5) is 13.6 Å². The Hall–Kier alpha value is -3.45. The lowest BCUT2D eigenvalue weighted by Gasteiger charge is -2.41. The molecule has 1 amide bonds. The predicted octanol–water partition coefficient (Wildman–Crippen LogP) is 3.84. The van der Waals surface area contributed by atoms with Crippen molar-refractivity contribution in [3.05, 3.63) is 59.1 Å². The van der Waals surface area contributed by atoms with E-state index in [0.29, 0.717) is 22.1 Å². The Balaban J connectivity index is 1.85. The smallest absolute Gasteiger partial charge is 0.410 e. The van der Waals surface area contributed by atoms with Crippen LogP contribution in [0, 0.1) is 5.82 Å². The van der Waals surface area contributed by atoms with Gasteiger partial charge < -0.3 is 5.11 Å². The van der Waals surface area contributed by atoms with Crippen LogP contribution in [0.2, 0.25) is 5.02 Å². The number of aliphatic imine (C=N–C) groups is 1. The van der Waals surface area contributed by atoms with Crippen LogP contribution in [0.5, 0.6) is 0 Å². The molecular formula is C22H22ClF2N7O3S. The summed E-state index contributed by atoms with van der Waals surface area (Å²) in [6.45, 7) is 1.74. The highest BCUT2D eigenvalue weighted by Gasteiger charge is 2.51. The van der Waals surface area contributed by atoms with Crippen LogP contribution >= 0.6 is 11.6 Å². The highest BCUT2D eigenvalue weighted by molar-refractivity contribution is 7.95. The lowest BCUT2D eigenvalue weighted by molar-refractivity contribution is 0.199. The van der Waals surface area contributed by atoms with E-state index in [1.807, 2.05) is 0 Å². The van der Waals surface area contributed by atoms with Crippen molar-refractivity contribution in [1.29, 1.82) is 0 Å². The quantitative estimate of drug-likeness (QED) is 0.519. The van der Waals surface area contributed by atoms with Gasteiger partial charge in [0, 0.05) is 24.4 Å². The summed E-state index contributed by atoms with van der Waals surface area (Å²) in [5.41, 5.74) is -1.49. The molecular weight excluding hydrogens is 516 g/mol. The molecule has 0 aliphatic carbocycles. The number of benzene rings is 1. The number of carbonyl (C=O) groups is 1. The molecule has 0 saturated heterocycles. The zero-order chi connectivity index (χ0) is 26.3. The van der Waals surface area contributed by atoms with Crippen molar-refractivity contribution in [3.8, 4) is 17.1 Å². The van der Waals surface area contributed by atoms with Crippen LogP contribution in [-0.2, 0) is 15.3 Å². The summed E-state index contributed by atoms with van der Waals surface area (Å²) in [6.07, 6.45) is 1.52. The molecule has 1 aliphatic heterocycles. The number of amides is 1. The maximum atomic E-state index is 15.2. The average molecular weight is 538 g/mol. The fourth-order valence-corrected chi connectivity index (χ4v) is 6.34. The third kappa shape index (κ3) is 4.32. The summed E-state index contributed by atoms with van der Waals surface area (Å²) in [7, 11) is -1.99. The van der Waals surface area contributed by atoms with E-state index in [1.54, 1.807) is 18.3 Å². The van der Waals surface area contributed by atoms with Gasteiger partial charge in [-0.1, -0.05) is 16.8 Å². The van der Waals surface area contributed by atoms with Crippen molar-refractivity contribution in [2.45, 2.75) is 24.1 Å². The van der Waals surface area contributed by atoms with Crippen LogP contribution in [0.3, 0.4) is 0 Å². The fraction of sp³-hybridized carbons (Fsp3) is 0.318. The Labute approximate surface area is 210 Å². The Morgan fingerprint density at radius 3 is 2.69 bits per heavy atom. The first kappa shape index (κ1) is 25.6. The second-order valence-corrected chi connectivity index (χ2v) is 12.0. The lowest BCUT2D eigenvalue weighted by atomic mass is 9.90. The van der Waals surface area contributed by atoms with Crippen LogP contribution in [0.1, 0.15) is 19.4 Å². The van der Waals surface area contributed by atoms with Crippen LogP contribution in [0.25, 0.3) is 17.1 Å². The van der Waals surface area contributed by atoms with E-state index in [-0.39, 0.29) is 11.4 Å². The molecule has 0 bridgehead atoms. The van der Waals surface area contributed by atoms with Crippen LogP contribution < -0.4 is 5.32 Å². The number of aromatic nitrogens is 4. The molecule has 190 valence electrons. The Morgan fingerprint density at radius 1 is 1.33 bits per heavy atom. The zero-order valence-electron chi connectivity index (χ0n) is 19.4. The van der Waals surface area contributed by atoms with Gasteiger partial charge in [0.05, 0.1) is 26.7 Å². The zero-order valence-corrected chi connectivity index (χ0v) is 21.0. The number of rotatable bonds is 4. The Kier molecular flexibility index (Phi) is 6.56. The second kappa shape index (κ2) is 9.21. The van der Waals surface area contributed by atoms with Gasteiger partial charge in [-0.3, -0.25) is 10.3 Å². The Morgan fingerprint density at radius 2 is 2.08 bits per heavy atom. The molecule has 4 rings (SSSR count). The van der Waals surface area contributed by atoms with Gasteiger partial charge in [-0.2, -0.15) is 0 Å². The number of nitrogens with one attached hydrogen (secondary N) is 1. The lowest BCUT2D eigenvalue weighted by Crippen LogP contribution is -2.58. The first-order valence-corrected chi connectivity index (χ1v) is 12.6. The SMILES string of the molecule is CN=S1(=O)C[C@@](CF)(c2cc(-c3cn(-c4ccc(Cl)cn4)nn3)ccc2F)N=C(NC(=O)O)C1(C)C. The molecule has 2 aromatic heterocycles. The molecule has 0 spiro atoms. The minimum Gasteiger partial charge on any atom is -0.465 e. The summed E-state index contributed by atoms with van der Waals surface area (Å²) < 4.78 is 47.8. The third-order valence-corrected chi connectivity index (χ3v) is 9.54. The molecule has 36 heavy (non-hydrogen) atoms. The molecule has 2 atom stereocenters. The van der Waals surface area contributed by atoms with E-state index in [0.717, 1.165) is 6.07 Å². The van der Waals surface area contributed by atoms with Crippen molar-refractivity contribution < 1.29 is 22.9 Å². The van der Waals surface area contributed by atoms with E-state index in [9.17, 15) is 18.5 Å². The number of halogens is 3. The van der Waals surface area contributed by atoms with Gasteiger partial charge in [0.1, 0.15) is 34.3 Å². The average Bonchev–Trinajstić information content (AvgIpc) is 3.33. The van der Waals surface area contributed by atoms with E-state index >= 15 is 4.39 Å². The molecule has 0 saturated carbocycles. The van der Waals surface area contributed by atoms with Crippen LogP contribution in [-0.4, -0.2) is 65.4 Å². The van der Waals surface area contributed by atoms with Crippen molar-refractivity contribution in [3.63, 3.8) is 0 Å². The van der Waals surface area contributed by atoms with Gasteiger partial charge in [0.15, 0.2) is 5.82 Å². The maximum absolute atomic E-state index is 15.2. The van der Waals surface area contributed by atoms with Crippen LogP contribution in [0.15, 0.2) is 52.1 Å². The molecule has 1 aliphatic rings. The summed E-state index contributed by atoms with van der Waals surface area (Å²) in [5, 5.41) is 20.0. The highest BCUT2D eigenvalue weighted by Crippen LogP contribution is 2.41. The number of hydrogen-bond donors (Lipinski definition) is 2. The monoisotopic (exact) mass is 537 g/mol. The first-order valence-electron chi connectivity index (χ1n) is 10.6. The minimum atomic E-state index is -3.29. The predicted molar refractivity (Wildman–Crippen MR) is 131 cm³/mol. The standard InChI is InChI=1S/C22H22ClF2N7O3S/c1-21(2)19(28-20(33)34)29-22(11-24,12-36(21,35)26-3)15-8-13(4-6-16(15)25)17-10-32(31-30-17)18-7-5-14(23)9-27-18/h4-10H,11-12H2,1-3H3,(H,28,29)(H,33,34)/t22-,36?/m0/s1. The second-order valence-electron chi connectivity index (χ2n) is 8.61. The van der Waals surface area contributed by atoms with E-state index < -0.39 is 44.4 Å². The van der Waals surface area contributed by atoms with Gasteiger partial charge in [-0.15, -0.1) is 5.10 Å². The van der Waals surface area contributed by atoms with E-state index in [1.165, 1.54) is 43.9 Å². The first-order chi connectivity index (χ1) is 16.9. The molecule has 2 N–H and O–H groups in total. The molecule has 3 aromatic rings. The summed E-state index contributed by atoms with van der Waals surface area (Å²) in [4.78, 5) is 19.9. The number of carboxylic acid groups (broad SMARTS) is 1. The van der Waals surface area contributed by atoms with E-state index in [4.69, 9.17) is 11.6 Å². The van der Waals surface area contributed by atoms with Gasteiger partial charge >= 0.3 is 6.09 Å². The number of pyridine rings is 1. The molecule has 1 aromatic carbocycles.